The van der Waals surface area contributed by atoms with E-state index in [1.54, 1.807) is 0 Å². The van der Waals surface area contributed by atoms with Crippen molar-refractivity contribution in [1.82, 2.24) is 0 Å². The van der Waals surface area contributed by atoms with Crippen molar-refractivity contribution in [2.45, 2.75) is 39.4 Å². The molecular formula is C18H22BN. The van der Waals surface area contributed by atoms with Gasteiger partial charge >= 0.3 is 0 Å². The molecule has 0 fully saturated rings. The summed E-state index contributed by atoms with van der Waals surface area (Å²) in [5, 5.41) is 0. The van der Waals surface area contributed by atoms with Gasteiger partial charge in [-0.2, -0.15) is 0 Å². The molecule has 3 rings (SSSR count). The van der Waals surface area contributed by atoms with E-state index in [9.17, 15) is 0 Å². The van der Waals surface area contributed by atoms with E-state index in [4.69, 9.17) is 5.73 Å². The maximum atomic E-state index is 6.54. The lowest BCUT2D eigenvalue weighted by molar-refractivity contribution is 0.871. The minimum Gasteiger partial charge on any atom is -0.399 e. The molecule has 2 N–H and O–H groups in total. The zero-order valence-electron chi connectivity index (χ0n) is 12.8. The number of hydrogen-bond acceptors (Lipinski definition) is 1. The van der Waals surface area contributed by atoms with Gasteiger partial charge in [-0.3, -0.25) is 0 Å². The molecule has 0 unspecified atom stereocenters. The van der Waals surface area contributed by atoms with E-state index in [0.717, 1.165) is 5.69 Å². The van der Waals surface area contributed by atoms with Gasteiger partial charge in [-0.05, 0) is 28.1 Å². The lowest BCUT2D eigenvalue weighted by Crippen LogP contribution is -2.42. The van der Waals surface area contributed by atoms with Crippen LogP contribution in [0.5, 0.6) is 0 Å². The van der Waals surface area contributed by atoms with Crippen molar-refractivity contribution in [3.05, 3.63) is 42.0 Å². The molecule has 2 aromatic carbocycles. The van der Waals surface area contributed by atoms with Gasteiger partial charge in [-0.1, -0.05) is 75.4 Å². The third-order valence-corrected chi connectivity index (χ3v) is 4.51. The topological polar surface area (TPSA) is 26.0 Å². The van der Waals surface area contributed by atoms with Crippen LogP contribution in [0.1, 0.15) is 39.2 Å². The Morgan fingerprint density at radius 3 is 2.25 bits per heavy atom. The summed E-state index contributed by atoms with van der Waals surface area (Å²) < 4.78 is 0. The van der Waals surface area contributed by atoms with Gasteiger partial charge in [-0.15, -0.1) is 0 Å². The van der Waals surface area contributed by atoms with E-state index in [0.29, 0.717) is 18.4 Å². The molecule has 2 heteroatoms. The van der Waals surface area contributed by atoms with Crippen LogP contribution in [-0.2, 0) is 0 Å². The first-order chi connectivity index (χ1) is 9.52. The van der Waals surface area contributed by atoms with Crippen LogP contribution in [0.2, 0.25) is 5.82 Å². The summed E-state index contributed by atoms with van der Waals surface area (Å²) in [4.78, 5) is 0. The standard InChI is InChI=1S/C18H22BN/c1-11(2)13-9-10-15-14-7-5-6-8-16(14)19(12(3)4)17(15)18(13)20/h5-12H,20H2,1-4H3. The number of hydrogen-bond donors (Lipinski definition) is 1. The lowest BCUT2D eigenvalue weighted by Gasteiger charge is -2.19. The quantitative estimate of drug-likeness (QED) is 0.652. The molecule has 20 heavy (non-hydrogen) atoms. The van der Waals surface area contributed by atoms with Crippen molar-refractivity contribution in [3.8, 4) is 11.1 Å². The van der Waals surface area contributed by atoms with Gasteiger partial charge in [0.05, 0.1) is 0 Å². The van der Waals surface area contributed by atoms with E-state index >= 15 is 0 Å². The predicted molar refractivity (Wildman–Crippen MR) is 90.5 cm³/mol. The Bertz CT molecular complexity index is 658. The Kier molecular flexibility index (Phi) is 3.12. The van der Waals surface area contributed by atoms with E-state index in [1.165, 1.54) is 27.6 Å². The number of fused-ring (bicyclic) bond motifs is 3. The molecule has 2 aromatic rings. The van der Waals surface area contributed by atoms with Crippen molar-refractivity contribution in [3.63, 3.8) is 0 Å². The molecule has 1 nitrogen and oxygen atoms in total. The maximum Gasteiger partial charge on any atom is 0.216 e. The van der Waals surface area contributed by atoms with Crippen LogP contribution < -0.4 is 16.7 Å². The zero-order chi connectivity index (χ0) is 14.4. The van der Waals surface area contributed by atoms with Crippen molar-refractivity contribution < 1.29 is 0 Å². The minimum absolute atomic E-state index is 0.430. The van der Waals surface area contributed by atoms with Crippen LogP contribution >= 0.6 is 0 Å². The van der Waals surface area contributed by atoms with Crippen LogP contribution in [0.15, 0.2) is 36.4 Å². The SMILES string of the molecule is CC(C)B1c2ccccc2-c2ccc(C(C)C)c(N)c21. The van der Waals surface area contributed by atoms with Gasteiger partial charge in [0, 0.05) is 5.69 Å². The highest BCUT2D eigenvalue weighted by molar-refractivity contribution is 6.91. The summed E-state index contributed by atoms with van der Waals surface area (Å²) in [6.45, 7) is 9.44. The molecule has 0 saturated heterocycles. The van der Waals surface area contributed by atoms with Crippen LogP contribution in [0, 0.1) is 0 Å². The average molecular weight is 263 g/mol. The first kappa shape index (κ1) is 13.3. The van der Waals surface area contributed by atoms with E-state index in [1.807, 2.05) is 0 Å². The lowest BCUT2D eigenvalue weighted by atomic mass is 9.36. The predicted octanol–water partition coefficient (Wildman–Crippen LogP) is 3.39. The van der Waals surface area contributed by atoms with E-state index in [-0.39, 0.29) is 0 Å². The van der Waals surface area contributed by atoms with Gasteiger partial charge in [0.25, 0.3) is 0 Å². The minimum atomic E-state index is 0.430. The average Bonchev–Trinajstić information content (AvgIpc) is 2.74. The van der Waals surface area contributed by atoms with E-state index in [2.05, 4.69) is 64.1 Å². The number of anilines is 1. The molecular weight excluding hydrogens is 241 g/mol. The second kappa shape index (κ2) is 4.69. The van der Waals surface area contributed by atoms with Gasteiger partial charge in [0.2, 0.25) is 6.71 Å². The van der Waals surface area contributed by atoms with Gasteiger partial charge < -0.3 is 5.73 Å². The van der Waals surface area contributed by atoms with Crippen LogP contribution in [0.3, 0.4) is 0 Å². The fraction of sp³-hybridized carbons (Fsp3) is 0.333. The Hall–Kier alpha value is -1.70. The maximum absolute atomic E-state index is 6.54. The summed E-state index contributed by atoms with van der Waals surface area (Å²) in [7, 11) is 0. The third kappa shape index (κ3) is 1.78. The fourth-order valence-corrected chi connectivity index (χ4v) is 3.59. The number of benzene rings is 2. The summed E-state index contributed by atoms with van der Waals surface area (Å²) in [5.41, 5.74) is 14.3. The summed E-state index contributed by atoms with van der Waals surface area (Å²) in [5.74, 6) is 1.03. The molecule has 0 radical (unpaired) electrons. The van der Waals surface area contributed by atoms with Crippen LogP contribution in [0.25, 0.3) is 11.1 Å². The smallest absolute Gasteiger partial charge is 0.216 e. The van der Waals surface area contributed by atoms with Crippen molar-refractivity contribution >= 4 is 23.3 Å². The Balaban J connectivity index is 2.30. The highest BCUT2D eigenvalue weighted by Gasteiger charge is 2.36. The highest BCUT2D eigenvalue weighted by atomic mass is 14.6. The molecule has 0 aliphatic carbocycles. The Labute approximate surface area is 122 Å². The molecule has 0 aromatic heterocycles. The molecule has 1 heterocycles. The second-order valence-corrected chi connectivity index (χ2v) is 6.49. The first-order valence-corrected chi connectivity index (χ1v) is 7.54. The van der Waals surface area contributed by atoms with E-state index < -0.39 is 0 Å². The number of nitrogens with two attached hydrogens (primary N) is 1. The number of rotatable bonds is 2. The summed E-state index contributed by atoms with van der Waals surface area (Å²) >= 11 is 0. The third-order valence-electron chi connectivity index (χ3n) is 4.51. The fourth-order valence-electron chi connectivity index (χ4n) is 3.59. The zero-order valence-corrected chi connectivity index (χ0v) is 12.8. The Morgan fingerprint density at radius 1 is 0.900 bits per heavy atom. The van der Waals surface area contributed by atoms with Gasteiger partial charge in [-0.25, -0.2) is 0 Å². The largest absolute Gasteiger partial charge is 0.399 e. The highest BCUT2D eigenvalue weighted by Crippen LogP contribution is 2.32. The number of nitrogen functional groups attached to an aromatic ring is 1. The summed E-state index contributed by atoms with van der Waals surface area (Å²) in [6, 6.07) is 13.2. The van der Waals surface area contributed by atoms with Crippen LogP contribution in [0.4, 0.5) is 5.69 Å². The van der Waals surface area contributed by atoms with Gasteiger partial charge in [0.1, 0.15) is 0 Å². The Morgan fingerprint density at radius 2 is 1.60 bits per heavy atom. The molecule has 1 aliphatic rings. The molecule has 102 valence electrons. The van der Waals surface area contributed by atoms with Gasteiger partial charge in [0.15, 0.2) is 0 Å². The summed E-state index contributed by atoms with van der Waals surface area (Å²) in [6.07, 6.45) is 0. The molecule has 0 amide bonds. The molecule has 0 saturated carbocycles. The first-order valence-electron chi connectivity index (χ1n) is 7.54. The molecule has 0 atom stereocenters. The van der Waals surface area contributed by atoms with Crippen molar-refractivity contribution in [1.29, 1.82) is 0 Å². The van der Waals surface area contributed by atoms with Crippen molar-refractivity contribution in [2.24, 2.45) is 0 Å². The molecule has 0 bridgehead atoms. The second-order valence-electron chi connectivity index (χ2n) is 6.49. The van der Waals surface area contributed by atoms with Crippen molar-refractivity contribution in [2.75, 3.05) is 5.73 Å². The normalized spacial score (nSPS) is 13.0. The van der Waals surface area contributed by atoms with Crippen LogP contribution in [-0.4, -0.2) is 6.71 Å². The molecule has 1 aliphatic heterocycles. The molecule has 0 spiro atoms. The monoisotopic (exact) mass is 263 g/mol.